The summed E-state index contributed by atoms with van der Waals surface area (Å²) in [6.07, 6.45) is 0.868. The number of thiophene rings is 1. The van der Waals surface area contributed by atoms with E-state index in [1.165, 1.54) is 29.0 Å². The molecular formula is C52H52N4O8S. The Morgan fingerprint density at radius 1 is 0.846 bits per heavy atom. The van der Waals surface area contributed by atoms with E-state index in [4.69, 9.17) is 9.47 Å². The molecule has 1 saturated heterocycles. The minimum absolute atomic E-state index is 0.0669. The van der Waals surface area contributed by atoms with E-state index >= 15 is 0 Å². The Balaban J connectivity index is 0.845. The van der Waals surface area contributed by atoms with Crippen molar-refractivity contribution in [3.8, 4) is 21.9 Å². The average molecular weight is 893 g/mol. The standard InChI is InChI=1S/C52H52N4O8S/c1-63-41-12-5-7-36(27-41)32-56-25-23-35(24-26-56)33-64-51(61)52(62,39-9-3-2-4-10-39)40-11-6-8-38(28-40)47-21-17-42(65-47)30-54-50(60)37-15-13-34(14-16-37)29-53-31-46(58)43-18-20-45(57)49-44(43)19-22-48(59)55-49/h2-22,27-28,35,46,53,57-58,62H,23-26,29-33H2,1H3,(H,54,60)(H,55,59)/t46-,52?/m0/s1. The number of carbonyl (C=O) groups excluding carboxylic acids is 2. The third kappa shape index (κ3) is 10.7. The fourth-order valence-electron chi connectivity index (χ4n) is 8.30. The van der Waals surface area contributed by atoms with Crippen molar-refractivity contribution in [3.63, 3.8) is 0 Å². The highest BCUT2D eigenvalue weighted by Gasteiger charge is 2.42. The molecule has 6 N–H and O–H groups in total. The van der Waals surface area contributed by atoms with Crippen LogP contribution in [0.25, 0.3) is 21.3 Å². The van der Waals surface area contributed by atoms with E-state index in [0.29, 0.717) is 40.7 Å². The molecule has 1 aliphatic heterocycles. The number of H-pyrrole nitrogens is 1. The minimum Gasteiger partial charge on any atom is -0.506 e. The normalized spacial score (nSPS) is 14.7. The molecule has 1 aliphatic rings. The van der Waals surface area contributed by atoms with E-state index in [2.05, 4.69) is 32.7 Å². The van der Waals surface area contributed by atoms with Crippen LogP contribution in [0.3, 0.4) is 0 Å². The fraction of sp³-hybridized carbons (Fsp3) is 0.250. The molecule has 334 valence electrons. The molecule has 0 saturated carbocycles. The number of aromatic nitrogens is 1. The van der Waals surface area contributed by atoms with Gasteiger partial charge in [0.15, 0.2) is 0 Å². The van der Waals surface area contributed by atoms with Gasteiger partial charge < -0.3 is 40.4 Å². The lowest BCUT2D eigenvalue weighted by Gasteiger charge is -2.33. The number of hydrogen-bond donors (Lipinski definition) is 6. The molecule has 7 aromatic rings. The van der Waals surface area contributed by atoms with E-state index in [1.54, 1.807) is 61.7 Å². The number of esters is 1. The van der Waals surface area contributed by atoms with E-state index in [0.717, 1.165) is 59.1 Å². The first-order valence-corrected chi connectivity index (χ1v) is 22.5. The number of phenols is 1. The predicted molar refractivity (Wildman–Crippen MR) is 252 cm³/mol. The summed E-state index contributed by atoms with van der Waals surface area (Å²) < 4.78 is 11.3. The van der Waals surface area contributed by atoms with Crippen LogP contribution in [0, 0.1) is 5.92 Å². The first-order valence-electron chi connectivity index (χ1n) is 21.7. The molecule has 0 aliphatic carbocycles. The number of amides is 1. The lowest BCUT2D eigenvalue weighted by molar-refractivity contribution is -0.164. The fourth-order valence-corrected chi connectivity index (χ4v) is 9.25. The number of methoxy groups -OCH3 is 1. The van der Waals surface area contributed by atoms with Gasteiger partial charge in [-0.15, -0.1) is 11.3 Å². The zero-order valence-electron chi connectivity index (χ0n) is 36.0. The molecule has 12 nitrogen and oxygen atoms in total. The van der Waals surface area contributed by atoms with Gasteiger partial charge in [0, 0.05) is 52.0 Å². The van der Waals surface area contributed by atoms with Gasteiger partial charge in [0.05, 0.1) is 31.9 Å². The number of fused-ring (bicyclic) bond motifs is 1. The molecule has 2 atom stereocenters. The SMILES string of the molecule is COc1cccc(CN2CCC(COC(=O)C(O)(c3ccccc3)c3cccc(-c4ccc(CNC(=O)c5ccc(CNC[C@H](O)c6ccc(O)c7[nH]c(=O)ccc67)cc5)s4)c3)CC2)c1. The first-order chi connectivity index (χ1) is 31.6. The predicted octanol–water partition coefficient (Wildman–Crippen LogP) is 7.42. The Morgan fingerprint density at radius 2 is 1.62 bits per heavy atom. The van der Waals surface area contributed by atoms with Crippen LogP contribution in [-0.4, -0.2) is 70.4 Å². The maximum Gasteiger partial charge on any atom is 0.347 e. The number of phenolic OH excluding ortho intramolecular Hbond substituents is 1. The third-order valence-corrected chi connectivity index (χ3v) is 13.1. The summed E-state index contributed by atoms with van der Waals surface area (Å²) in [5.74, 6) is 0.0241. The number of pyridine rings is 1. The number of aliphatic hydroxyl groups is 2. The highest BCUT2D eigenvalue weighted by molar-refractivity contribution is 7.15. The molecule has 1 amide bonds. The largest absolute Gasteiger partial charge is 0.506 e. The zero-order valence-corrected chi connectivity index (χ0v) is 36.9. The van der Waals surface area contributed by atoms with Crippen LogP contribution in [0.2, 0.25) is 0 Å². The van der Waals surface area contributed by atoms with Crippen LogP contribution in [0.5, 0.6) is 11.5 Å². The van der Waals surface area contributed by atoms with Crippen molar-refractivity contribution in [2.45, 2.75) is 44.2 Å². The van der Waals surface area contributed by atoms with Crippen molar-refractivity contribution in [1.82, 2.24) is 20.5 Å². The average Bonchev–Trinajstić information content (AvgIpc) is 3.83. The first kappa shape index (κ1) is 45.0. The Morgan fingerprint density at radius 3 is 2.40 bits per heavy atom. The molecule has 5 aromatic carbocycles. The number of piperidine rings is 1. The van der Waals surface area contributed by atoms with Gasteiger partial charge in [-0.1, -0.05) is 78.9 Å². The highest BCUT2D eigenvalue weighted by atomic mass is 32.1. The number of aliphatic hydroxyl groups excluding tert-OH is 1. The molecule has 0 spiro atoms. The van der Waals surface area contributed by atoms with Crippen LogP contribution >= 0.6 is 11.3 Å². The summed E-state index contributed by atoms with van der Waals surface area (Å²) in [6.45, 7) is 3.79. The molecule has 65 heavy (non-hydrogen) atoms. The van der Waals surface area contributed by atoms with Crippen molar-refractivity contribution < 1.29 is 34.4 Å². The van der Waals surface area contributed by atoms with Gasteiger partial charge in [0.1, 0.15) is 11.5 Å². The molecule has 13 heteroatoms. The summed E-state index contributed by atoms with van der Waals surface area (Å²) in [5.41, 5.74) is 2.75. The summed E-state index contributed by atoms with van der Waals surface area (Å²) in [7, 11) is 1.67. The van der Waals surface area contributed by atoms with Gasteiger partial charge in [-0.05, 0) is 114 Å². The number of rotatable bonds is 17. The van der Waals surface area contributed by atoms with Gasteiger partial charge in [0.2, 0.25) is 11.2 Å². The summed E-state index contributed by atoms with van der Waals surface area (Å²) in [4.78, 5) is 45.8. The second-order valence-corrected chi connectivity index (χ2v) is 17.6. The Labute approximate surface area is 381 Å². The Bertz CT molecular complexity index is 2800. The van der Waals surface area contributed by atoms with Gasteiger partial charge >= 0.3 is 5.97 Å². The van der Waals surface area contributed by atoms with Crippen molar-refractivity contribution in [2.75, 3.05) is 33.4 Å². The maximum absolute atomic E-state index is 14.0. The van der Waals surface area contributed by atoms with E-state index < -0.39 is 17.7 Å². The molecular weight excluding hydrogens is 841 g/mol. The van der Waals surface area contributed by atoms with Crippen molar-refractivity contribution in [3.05, 3.63) is 188 Å². The number of nitrogens with one attached hydrogen (secondary N) is 3. The van der Waals surface area contributed by atoms with Gasteiger partial charge in [-0.25, -0.2) is 4.79 Å². The third-order valence-electron chi connectivity index (χ3n) is 12.0. The highest BCUT2D eigenvalue weighted by Crippen LogP contribution is 2.36. The number of likely N-dealkylation sites (tertiary alicyclic amines) is 1. The minimum atomic E-state index is -2.03. The number of aromatic hydroxyl groups is 1. The monoisotopic (exact) mass is 892 g/mol. The summed E-state index contributed by atoms with van der Waals surface area (Å²) in [5, 5.41) is 40.2. The Kier molecular flexibility index (Phi) is 14.2. The van der Waals surface area contributed by atoms with Crippen molar-refractivity contribution in [1.29, 1.82) is 0 Å². The zero-order chi connectivity index (χ0) is 45.3. The van der Waals surface area contributed by atoms with Crippen LogP contribution in [0.4, 0.5) is 0 Å². The topological polar surface area (TPSA) is 173 Å². The summed E-state index contributed by atoms with van der Waals surface area (Å²) in [6, 6.07) is 41.5. The molecule has 1 fully saturated rings. The van der Waals surface area contributed by atoms with Crippen LogP contribution in [-0.2, 0) is 34.8 Å². The van der Waals surface area contributed by atoms with Crippen LogP contribution in [0.15, 0.2) is 144 Å². The lowest BCUT2D eigenvalue weighted by atomic mass is 9.85. The van der Waals surface area contributed by atoms with Gasteiger partial charge in [-0.2, -0.15) is 0 Å². The van der Waals surface area contributed by atoms with E-state index in [1.807, 2.05) is 60.7 Å². The second kappa shape index (κ2) is 20.5. The van der Waals surface area contributed by atoms with E-state index in [9.17, 15) is 29.7 Å². The number of carbonyl (C=O) groups is 2. The molecule has 0 radical (unpaired) electrons. The number of nitrogens with zero attached hydrogens (tertiary/aromatic N) is 1. The van der Waals surface area contributed by atoms with Crippen LogP contribution in [0.1, 0.15) is 62.0 Å². The number of hydrogen-bond acceptors (Lipinski definition) is 11. The molecule has 3 heterocycles. The maximum atomic E-state index is 14.0. The van der Waals surface area contributed by atoms with Gasteiger partial charge in [-0.3, -0.25) is 14.5 Å². The van der Waals surface area contributed by atoms with Crippen molar-refractivity contribution >= 4 is 34.1 Å². The van der Waals surface area contributed by atoms with Crippen molar-refractivity contribution in [2.24, 2.45) is 5.92 Å². The molecule has 8 rings (SSSR count). The number of benzene rings is 5. The van der Waals surface area contributed by atoms with E-state index in [-0.39, 0.29) is 41.8 Å². The number of ether oxygens (including phenoxy) is 2. The molecule has 0 bridgehead atoms. The Hall–Kier alpha value is -6.61. The van der Waals surface area contributed by atoms with Crippen LogP contribution < -0.4 is 20.9 Å². The molecule has 1 unspecified atom stereocenters. The summed E-state index contributed by atoms with van der Waals surface area (Å²) >= 11 is 1.51. The smallest absolute Gasteiger partial charge is 0.347 e. The quantitative estimate of drug-likeness (QED) is 0.0506. The second-order valence-electron chi connectivity index (χ2n) is 16.4. The lowest BCUT2D eigenvalue weighted by Crippen LogP contribution is -2.40. The number of aromatic amines is 1. The molecule has 2 aromatic heterocycles. The van der Waals surface area contributed by atoms with Gasteiger partial charge in [0.25, 0.3) is 5.91 Å².